The second-order valence-electron chi connectivity index (χ2n) is 5.51. The summed E-state index contributed by atoms with van der Waals surface area (Å²) in [5.74, 6) is 0.916. The van der Waals surface area contributed by atoms with Crippen LogP contribution in [-0.4, -0.2) is 0 Å². The molecular weight excluding hydrogens is 282 g/mol. The monoisotopic (exact) mass is 299 g/mol. The van der Waals surface area contributed by atoms with Gasteiger partial charge in [-0.25, -0.2) is 0 Å². The number of rotatable bonds is 3. The molecule has 0 bridgehead atoms. The highest BCUT2D eigenvalue weighted by atomic mass is 16.7. The van der Waals surface area contributed by atoms with Crippen LogP contribution in [0.4, 0.5) is 5.69 Å². The van der Waals surface area contributed by atoms with Crippen molar-refractivity contribution in [3.8, 4) is 5.75 Å². The third-order valence-electron chi connectivity index (χ3n) is 3.97. The van der Waals surface area contributed by atoms with Gasteiger partial charge in [0, 0.05) is 5.56 Å². The summed E-state index contributed by atoms with van der Waals surface area (Å²) in [5.41, 5.74) is 3.42. The van der Waals surface area contributed by atoms with Crippen molar-refractivity contribution in [2.45, 2.75) is 6.04 Å². The molecule has 1 aliphatic heterocycles. The summed E-state index contributed by atoms with van der Waals surface area (Å²) in [5, 5.41) is 1.96. The van der Waals surface area contributed by atoms with Gasteiger partial charge in [0.15, 0.2) is 5.75 Å². The number of anilines is 1. The lowest BCUT2D eigenvalue weighted by atomic mass is 10.0. The maximum atomic E-state index is 6.08. The zero-order valence-corrected chi connectivity index (χ0v) is 12.7. The second-order valence-corrected chi connectivity index (χ2v) is 5.51. The van der Waals surface area contributed by atoms with Gasteiger partial charge in [-0.2, -0.15) is 5.06 Å². The summed E-state index contributed by atoms with van der Waals surface area (Å²) in [6.07, 6.45) is 4.33. The van der Waals surface area contributed by atoms with Crippen molar-refractivity contribution in [1.82, 2.24) is 0 Å². The van der Waals surface area contributed by atoms with Gasteiger partial charge in [-0.05, 0) is 23.8 Å². The van der Waals surface area contributed by atoms with Crippen molar-refractivity contribution in [2.24, 2.45) is 0 Å². The van der Waals surface area contributed by atoms with Crippen molar-refractivity contribution in [3.05, 3.63) is 102 Å². The number of hydrogen-bond donors (Lipinski definition) is 0. The zero-order valence-electron chi connectivity index (χ0n) is 12.7. The van der Waals surface area contributed by atoms with Gasteiger partial charge in [-0.1, -0.05) is 78.9 Å². The van der Waals surface area contributed by atoms with E-state index in [2.05, 4.69) is 48.6 Å². The van der Waals surface area contributed by atoms with Gasteiger partial charge in [-0.15, -0.1) is 0 Å². The molecule has 2 nitrogen and oxygen atoms in total. The summed E-state index contributed by atoms with van der Waals surface area (Å²) in [4.78, 5) is 6.08. The molecule has 1 heterocycles. The summed E-state index contributed by atoms with van der Waals surface area (Å²) in [7, 11) is 0. The van der Waals surface area contributed by atoms with Crippen molar-refractivity contribution in [2.75, 3.05) is 5.06 Å². The van der Waals surface area contributed by atoms with Gasteiger partial charge in [-0.3, -0.25) is 0 Å². The number of fused-ring (bicyclic) bond motifs is 1. The first kappa shape index (κ1) is 13.6. The van der Waals surface area contributed by atoms with Crippen LogP contribution in [-0.2, 0) is 0 Å². The van der Waals surface area contributed by atoms with E-state index in [1.165, 1.54) is 11.1 Å². The molecule has 0 amide bonds. The van der Waals surface area contributed by atoms with E-state index in [0.717, 1.165) is 11.4 Å². The highest BCUT2D eigenvalue weighted by Crippen LogP contribution is 2.40. The Hall–Kier alpha value is -3.00. The first-order valence-electron chi connectivity index (χ1n) is 7.76. The van der Waals surface area contributed by atoms with Gasteiger partial charge in [0.25, 0.3) is 0 Å². The summed E-state index contributed by atoms with van der Waals surface area (Å²) in [6, 6.07) is 28.8. The lowest BCUT2D eigenvalue weighted by Gasteiger charge is -2.22. The normalized spacial score (nSPS) is 16.3. The standard InChI is InChI=1S/C21H17NO/c1-3-9-17(10-4-1)15-16-20-19-13-7-8-14-21(19)23-22(20)18-11-5-2-6-12-18/h1-16,20H/b16-15+. The van der Waals surface area contributed by atoms with E-state index < -0.39 is 0 Å². The Labute approximate surface area is 136 Å². The number of para-hydroxylation sites is 2. The van der Waals surface area contributed by atoms with E-state index in [0.29, 0.717) is 0 Å². The number of nitrogens with zero attached hydrogens (tertiary/aromatic N) is 1. The fourth-order valence-corrected chi connectivity index (χ4v) is 2.83. The van der Waals surface area contributed by atoms with E-state index in [1.807, 2.05) is 53.6 Å². The Morgan fingerprint density at radius 3 is 2.17 bits per heavy atom. The van der Waals surface area contributed by atoms with Crippen molar-refractivity contribution >= 4 is 11.8 Å². The first-order valence-corrected chi connectivity index (χ1v) is 7.76. The lowest BCUT2D eigenvalue weighted by Crippen LogP contribution is -2.24. The van der Waals surface area contributed by atoms with Crippen molar-refractivity contribution < 1.29 is 4.84 Å². The molecule has 1 aliphatic rings. The maximum Gasteiger partial charge on any atom is 0.161 e. The molecule has 0 saturated carbocycles. The fourth-order valence-electron chi connectivity index (χ4n) is 2.83. The molecule has 112 valence electrons. The predicted molar refractivity (Wildman–Crippen MR) is 94.2 cm³/mol. The molecule has 3 aromatic rings. The number of hydroxylamine groups is 1. The Bertz CT molecular complexity index is 812. The molecule has 0 spiro atoms. The molecule has 0 radical (unpaired) electrons. The average Bonchev–Trinajstić information content (AvgIpc) is 3.00. The van der Waals surface area contributed by atoms with Crippen LogP contribution in [0.2, 0.25) is 0 Å². The molecule has 1 atom stereocenters. The maximum absolute atomic E-state index is 6.08. The first-order chi connectivity index (χ1) is 11.4. The zero-order chi connectivity index (χ0) is 15.5. The minimum atomic E-state index is 0.0637. The largest absolute Gasteiger partial charge is 0.378 e. The molecule has 1 unspecified atom stereocenters. The van der Waals surface area contributed by atoms with Crippen LogP contribution in [0.3, 0.4) is 0 Å². The molecule has 4 rings (SSSR count). The van der Waals surface area contributed by atoms with Crippen LogP contribution in [0, 0.1) is 0 Å². The second kappa shape index (κ2) is 6.01. The minimum Gasteiger partial charge on any atom is -0.378 e. The number of hydrogen-bond acceptors (Lipinski definition) is 2. The molecule has 3 aromatic carbocycles. The molecule has 0 aliphatic carbocycles. The summed E-state index contributed by atoms with van der Waals surface area (Å²) >= 11 is 0. The smallest absolute Gasteiger partial charge is 0.161 e. The van der Waals surface area contributed by atoms with Crippen LogP contribution >= 0.6 is 0 Å². The van der Waals surface area contributed by atoms with Crippen LogP contribution in [0.5, 0.6) is 5.75 Å². The molecule has 0 saturated heterocycles. The lowest BCUT2D eigenvalue weighted by molar-refractivity contribution is 0.296. The van der Waals surface area contributed by atoms with E-state index in [-0.39, 0.29) is 6.04 Å². The van der Waals surface area contributed by atoms with Crippen molar-refractivity contribution in [3.63, 3.8) is 0 Å². The van der Waals surface area contributed by atoms with E-state index in [1.54, 1.807) is 0 Å². The molecule has 23 heavy (non-hydrogen) atoms. The van der Waals surface area contributed by atoms with Gasteiger partial charge in [0.2, 0.25) is 0 Å². The summed E-state index contributed by atoms with van der Waals surface area (Å²) in [6.45, 7) is 0. The minimum absolute atomic E-state index is 0.0637. The predicted octanol–water partition coefficient (Wildman–Crippen LogP) is 5.26. The van der Waals surface area contributed by atoms with Gasteiger partial charge in [0.1, 0.15) is 6.04 Å². The van der Waals surface area contributed by atoms with Crippen LogP contribution < -0.4 is 9.90 Å². The topological polar surface area (TPSA) is 12.5 Å². The molecule has 0 fully saturated rings. The van der Waals surface area contributed by atoms with Gasteiger partial charge >= 0.3 is 0 Å². The SMILES string of the molecule is C(=C\C1c2ccccc2ON1c1ccccc1)/c1ccccc1. The highest BCUT2D eigenvalue weighted by Gasteiger charge is 2.30. The molecule has 0 aromatic heterocycles. The van der Waals surface area contributed by atoms with E-state index in [4.69, 9.17) is 4.84 Å². The van der Waals surface area contributed by atoms with Gasteiger partial charge in [0.05, 0.1) is 5.69 Å². The average molecular weight is 299 g/mol. The van der Waals surface area contributed by atoms with Crippen molar-refractivity contribution in [1.29, 1.82) is 0 Å². The third kappa shape index (κ3) is 2.71. The van der Waals surface area contributed by atoms with Crippen LogP contribution in [0.1, 0.15) is 17.2 Å². The summed E-state index contributed by atoms with van der Waals surface area (Å²) < 4.78 is 0. The molecular formula is C21H17NO. The quantitative estimate of drug-likeness (QED) is 0.654. The Balaban J connectivity index is 1.71. The third-order valence-corrected chi connectivity index (χ3v) is 3.97. The molecule has 0 N–H and O–H groups in total. The van der Waals surface area contributed by atoms with Crippen LogP contribution in [0.15, 0.2) is 91.0 Å². The van der Waals surface area contributed by atoms with E-state index in [9.17, 15) is 0 Å². The van der Waals surface area contributed by atoms with Gasteiger partial charge < -0.3 is 4.84 Å². The Morgan fingerprint density at radius 2 is 1.39 bits per heavy atom. The molecule has 2 heteroatoms. The highest BCUT2D eigenvalue weighted by molar-refractivity contribution is 5.59. The number of benzene rings is 3. The fraction of sp³-hybridized carbons (Fsp3) is 0.0476. The Kier molecular flexibility index (Phi) is 3.57. The van der Waals surface area contributed by atoms with E-state index >= 15 is 0 Å². The Morgan fingerprint density at radius 1 is 0.739 bits per heavy atom. The van der Waals surface area contributed by atoms with Crippen LogP contribution in [0.25, 0.3) is 6.08 Å².